The summed E-state index contributed by atoms with van der Waals surface area (Å²) in [6, 6.07) is 6.33. The lowest BCUT2D eigenvalue weighted by Crippen LogP contribution is -2.35. The molecule has 2 aliphatic heterocycles. The number of hydrogen-bond donors (Lipinski definition) is 0. The summed E-state index contributed by atoms with van der Waals surface area (Å²) in [7, 11) is 0. The van der Waals surface area contributed by atoms with Crippen molar-refractivity contribution in [1.82, 2.24) is 4.98 Å². The second-order valence-corrected chi connectivity index (χ2v) is 6.96. The third kappa shape index (κ3) is 2.34. The predicted octanol–water partition coefficient (Wildman–Crippen LogP) is 3.04. The van der Waals surface area contributed by atoms with Crippen LogP contribution < -0.4 is 4.90 Å². The van der Waals surface area contributed by atoms with Crippen LogP contribution in [0.15, 0.2) is 23.6 Å². The van der Waals surface area contributed by atoms with Gasteiger partial charge in [0, 0.05) is 29.8 Å². The van der Waals surface area contributed by atoms with Gasteiger partial charge in [-0.25, -0.2) is 4.98 Å². The molecular weight excluding hydrogens is 296 g/mol. The van der Waals surface area contributed by atoms with Crippen molar-refractivity contribution in [3.8, 4) is 11.3 Å². The Morgan fingerprint density at radius 3 is 3.09 bits per heavy atom. The van der Waals surface area contributed by atoms with Crippen LogP contribution in [-0.4, -0.2) is 30.6 Å². The molecule has 114 valence electrons. The number of thiazole rings is 1. The fourth-order valence-electron chi connectivity index (χ4n) is 3.24. The van der Waals surface area contributed by atoms with Gasteiger partial charge in [-0.15, -0.1) is 11.3 Å². The number of carbonyl (C=O) groups excluding carboxylic acids is 1. The number of nitrogens with zero attached hydrogens (tertiary/aromatic N) is 2. The van der Waals surface area contributed by atoms with E-state index in [0.717, 1.165) is 41.3 Å². The van der Waals surface area contributed by atoms with Crippen molar-refractivity contribution in [2.75, 3.05) is 24.7 Å². The number of anilines is 1. The first-order chi connectivity index (χ1) is 10.7. The van der Waals surface area contributed by atoms with Crippen LogP contribution in [-0.2, 0) is 16.0 Å². The Labute approximate surface area is 133 Å². The third-order valence-corrected chi connectivity index (χ3v) is 5.21. The monoisotopic (exact) mass is 314 g/mol. The molecule has 1 aromatic heterocycles. The summed E-state index contributed by atoms with van der Waals surface area (Å²) in [5.74, 6) is 0.250. The van der Waals surface area contributed by atoms with Crippen molar-refractivity contribution < 1.29 is 9.53 Å². The highest BCUT2D eigenvalue weighted by atomic mass is 32.1. The number of fused-ring (bicyclic) bond motifs is 1. The average Bonchev–Trinajstić information content (AvgIpc) is 3.26. The summed E-state index contributed by atoms with van der Waals surface area (Å²) >= 11 is 1.67. The zero-order chi connectivity index (χ0) is 15.1. The zero-order valence-corrected chi connectivity index (χ0v) is 13.4. The Balaban J connectivity index is 1.61. The first kappa shape index (κ1) is 13.9. The van der Waals surface area contributed by atoms with Gasteiger partial charge in [0.1, 0.15) is 0 Å². The van der Waals surface area contributed by atoms with Crippen LogP contribution >= 0.6 is 11.3 Å². The van der Waals surface area contributed by atoms with E-state index in [1.807, 2.05) is 11.8 Å². The van der Waals surface area contributed by atoms with Gasteiger partial charge in [-0.2, -0.15) is 0 Å². The van der Waals surface area contributed by atoms with Crippen LogP contribution in [0.4, 0.5) is 5.69 Å². The fourth-order valence-corrected chi connectivity index (χ4v) is 3.86. The molecule has 0 aliphatic carbocycles. The quantitative estimate of drug-likeness (QED) is 0.855. The highest BCUT2D eigenvalue weighted by Gasteiger charge is 2.32. The lowest BCUT2D eigenvalue weighted by Gasteiger charge is -2.20. The van der Waals surface area contributed by atoms with E-state index in [-0.39, 0.29) is 11.8 Å². The first-order valence-corrected chi connectivity index (χ1v) is 8.55. The van der Waals surface area contributed by atoms with Gasteiger partial charge in [-0.3, -0.25) is 4.79 Å². The number of aryl methyl sites for hydroxylation is 1. The van der Waals surface area contributed by atoms with Crippen molar-refractivity contribution >= 4 is 22.9 Å². The van der Waals surface area contributed by atoms with Gasteiger partial charge >= 0.3 is 0 Å². The van der Waals surface area contributed by atoms with Gasteiger partial charge in [0.2, 0.25) is 5.91 Å². The molecule has 0 spiro atoms. The molecular formula is C17H18N2O2S. The van der Waals surface area contributed by atoms with Crippen molar-refractivity contribution in [2.45, 2.75) is 19.8 Å². The lowest BCUT2D eigenvalue weighted by molar-refractivity contribution is -0.122. The number of amides is 1. The molecule has 4 nitrogen and oxygen atoms in total. The van der Waals surface area contributed by atoms with Crippen molar-refractivity contribution in [2.24, 2.45) is 5.92 Å². The van der Waals surface area contributed by atoms with Crippen molar-refractivity contribution in [3.05, 3.63) is 34.2 Å². The highest BCUT2D eigenvalue weighted by molar-refractivity contribution is 7.09. The molecule has 0 bridgehead atoms. The molecule has 0 N–H and O–H groups in total. The molecule has 0 radical (unpaired) electrons. The van der Waals surface area contributed by atoms with E-state index < -0.39 is 0 Å². The second-order valence-electron chi connectivity index (χ2n) is 5.90. The molecule has 1 amide bonds. The van der Waals surface area contributed by atoms with E-state index in [0.29, 0.717) is 13.2 Å². The number of carbonyl (C=O) groups is 1. The molecule has 2 aliphatic rings. The van der Waals surface area contributed by atoms with Gasteiger partial charge < -0.3 is 9.64 Å². The van der Waals surface area contributed by atoms with Gasteiger partial charge in [-0.05, 0) is 37.5 Å². The van der Waals surface area contributed by atoms with E-state index in [1.54, 1.807) is 11.3 Å². The normalized spacial score (nSPS) is 20.4. The summed E-state index contributed by atoms with van der Waals surface area (Å²) in [4.78, 5) is 19.1. The smallest absolute Gasteiger partial charge is 0.232 e. The first-order valence-electron chi connectivity index (χ1n) is 7.67. The summed E-state index contributed by atoms with van der Waals surface area (Å²) in [5, 5.41) is 3.17. The number of hydrogen-bond acceptors (Lipinski definition) is 4. The topological polar surface area (TPSA) is 42.4 Å². The number of benzene rings is 1. The Hall–Kier alpha value is -1.72. The predicted molar refractivity (Wildman–Crippen MR) is 87.3 cm³/mol. The molecule has 1 saturated heterocycles. The molecule has 1 fully saturated rings. The summed E-state index contributed by atoms with van der Waals surface area (Å²) in [6.07, 6.45) is 1.77. The van der Waals surface area contributed by atoms with E-state index in [4.69, 9.17) is 4.74 Å². The maximum absolute atomic E-state index is 12.6. The molecule has 3 heterocycles. The molecule has 1 atom stereocenters. The summed E-state index contributed by atoms with van der Waals surface area (Å²) < 4.78 is 5.35. The number of aromatic nitrogens is 1. The minimum absolute atomic E-state index is 0.0341. The SMILES string of the molecule is Cc1nc(-c2ccc3c(c2)CCN3C(=O)[C@H]2CCOC2)cs1. The molecule has 1 aromatic carbocycles. The molecule has 0 unspecified atom stereocenters. The second kappa shape index (κ2) is 5.48. The van der Waals surface area contributed by atoms with Crippen molar-refractivity contribution in [1.29, 1.82) is 0 Å². The van der Waals surface area contributed by atoms with Gasteiger partial charge in [-0.1, -0.05) is 6.07 Å². The summed E-state index contributed by atoms with van der Waals surface area (Å²) in [6.45, 7) is 4.08. The van der Waals surface area contributed by atoms with Crippen LogP contribution in [0, 0.1) is 12.8 Å². The minimum atomic E-state index is 0.0341. The van der Waals surface area contributed by atoms with E-state index in [9.17, 15) is 4.79 Å². The largest absolute Gasteiger partial charge is 0.381 e. The van der Waals surface area contributed by atoms with Gasteiger partial charge in [0.05, 0.1) is 23.2 Å². The molecule has 0 saturated carbocycles. The minimum Gasteiger partial charge on any atom is -0.381 e. The maximum Gasteiger partial charge on any atom is 0.232 e. The summed E-state index contributed by atoms with van der Waals surface area (Å²) in [5.41, 5.74) is 4.48. The fraction of sp³-hybridized carbons (Fsp3) is 0.412. The highest BCUT2D eigenvalue weighted by Crippen LogP contribution is 2.34. The van der Waals surface area contributed by atoms with Crippen LogP contribution in [0.5, 0.6) is 0 Å². The van der Waals surface area contributed by atoms with Crippen molar-refractivity contribution in [3.63, 3.8) is 0 Å². The van der Waals surface area contributed by atoms with Gasteiger partial charge in [0.25, 0.3) is 0 Å². The van der Waals surface area contributed by atoms with Crippen LogP contribution in [0.25, 0.3) is 11.3 Å². The standard InChI is InChI=1S/C17H18N2O2S/c1-11-18-15(10-22-11)12-2-3-16-13(8-12)4-6-19(16)17(20)14-5-7-21-9-14/h2-3,8,10,14H,4-7,9H2,1H3/t14-/m0/s1. The lowest BCUT2D eigenvalue weighted by atomic mass is 10.1. The molecule has 5 heteroatoms. The van der Waals surface area contributed by atoms with E-state index in [1.165, 1.54) is 5.56 Å². The number of ether oxygens (including phenoxy) is 1. The average molecular weight is 314 g/mol. The van der Waals surface area contributed by atoms with E-state index in [2.05, 4.69) is 28.6 Å². The molecule has 4 rings (SSSR count). The Kier molecular flexibility index (Phi) is 3.47. The van der Waals surface area contributed by atoms with Crippen LogP contribution in [0.1, 0.15) is 17.0 Å². The Morgan fingerprint density at radius 2 is 2.36 bits per heavy atom. The van der Waals surface area contributed by atoms with E-state index >= 15 is 0 Å². The number of rotatable bonds is 2. The molecule has 22 heavy (non-hydrogen) atoms. The Morgan fingerprint density at radius 1 is 1.45 bits per heavy atom. The third-order valence-electron chi connectivity index (χ3n) is 4.43. The Bertz CT molecular complexity index is 719. The van der Waals surface area contributed by atoms with Crippen LogP contribution in [0.2, 0.25) is 0 Å². The van der Waals surface area contributed by atoms with Gasteiger partial charge in [0.15, 0.2) is 0 Å². The molecule has 2 aromatic rings. The van der Waals surface area contributed by atoms with Crippen LogP contribution in [0.3, 0.4) is 0 Å². The maximum atomic E-state index is 12.6. The zero-order valence-electron chi connectivity index (χ0n) is 12.5.